The quantitative estimate of drug-likeness (QED) is 0.708. The van der Waals surface area contributed by atoms with Gasteiger partial charge in [-0.25, -0.2) is 0 Å². The molecule has 0 aliphatic heterocycles. The summed E-state index contributed by atoms with van der Waals surface area (Å²) in [6, 6.07) is 18.0. The second-order valence-corrected chi connectivity index (χ2v) is 3.22. The summed E-state index contributed by atoms with van der Waals surface area (Å²) in [6.45, 7) is 0. The molecule has 2 heteroatoms. The number of hydrogen-bond donors (Lipinski definition) is 1. The third-order valence-electron chi connectivity index (χ3n) is 2.15. The fourth-order valence-electron chi connectivity index (χ4n) is 1.37. The van der Waals surface area contributed by atoms with Gasteiger partial charge in [0.05, 0.1) is 11.6 Å². The van der Waals surface area contributed by atoms with E-state index in [0.717, 1.165) is 16.8 Å². The van der Waals surface area contributed by atoms with Gasteiger partial charge in [0.1, 0.15) is 0 Å². The van der Waals surface area contributed by atoms with Crippen molar-refractivity contribution in [2.24, 2.45) is 0 Å². The van der Waals surface area contributed by atoms with E-state index < -0.39 is 0 Å². The van der Waals surface area contributed by atoms with Gasteiger partial charge in [0.15, 0.2) is 0 Å². The van der Waals surface area contributed by atoms with Crippen molar-refractivity contribution in [1.29, 1.82) is 5.26 Å². The minimum Gasteiger partial charge on any atom is -0.399 e. The van der Waals surface area contributed by atoms with E-state index in [1.54, 1.807) is 12.1 Å². The summed E-state index contributed by atoms with van der Waals surface area (Å²) in [5.74, 6) is 0. The van der Waals surface area contributed by atoms with Gasteiger partial charge < -0.3 is 5.73 Å². The molecule has 0 unspecified atom stereocenters. The average molecular weight is 193 g/mol. The first-order chi connectivity index (χ1) is 7.29. The minimum absolute atomic E-state index is 0.639. The molecule has 71 valence electrons. The van der Waals surface area contributed by atoms with Gasteiger partial charge in [-0.15, -0.1) is 0 Å². The highest BCUT2D eigenvalue weighted by Crippen LogP contribution is 2.20. The number of benzene rings is 2. The van der Waals surface area contributed by atoms with Gasteiger partial charge in [-0.3, -0.25) is 0 Å². The average Bonchev–Trinajstić information content (AvgIpc) is 2.30. The molecule has 0 bridgehead atoms. The molecular weight excluding hydrogens is 184 g/mol. The molecule has 0 aliphatic carbocycles. The molecular formula is C13H9N2. The second kappa shape index (κ2) is 3.85. The molecule has 2 aromatic carbocycles. The van der Waals surface area contributed by atoms with Crippen LogP contribution in [0, 0.1) is 17.4 Å². The van der Waals surface area contributed by atoms with Crippen molar-refractivity contribution in [3.05, 3.63) is 54.1 Å². The van der Waals surface area contributed by atoms with Crippen LogP contribution in [0.5, 0.6) is 0 Å². The lowest BCUT2D eigenvalue weighted by atomic mass is 10.0. The summed E-state index contributed by atoms with van der Waals surface area (Å²) in [7, 11) is 0. The van der Waals surface area contributed by atoms with E-state index in [1.165, 1.54) is 0 Å². The first-order valence-electron chi connectivity index (χ1n) is 4.57. The topological polar surface area (TPSA) is 49.8 Å². The maximum Gasteiger partial charge on any atom is 0.0991 e. The van der Waals surface area contributed by atoms with Crippen molar-refractivity contribution in [3.8, 4) is 17.2 Å². The first kappa shape index (κ1) is 9.29. The maximum atomic E-state index is 8.77. The maximum absolute atomic E-state index is 8.77. The zero-order chi connectivity index (χ0) is 10.7. The van der Waals surface area contributed by atoms with Gasteiger partial charge in [-0.1, -0.05) is 18.2 Å². The van der Waals surface area contributed by atoms with Gasteiger partial charge in [-0.2, -0.15) is 5.26 Å². The molecule has 0 aromatic heterocycles. The minimum atomic E-state index is 0.639. The van der Waals surface area contributed by atoms with Crippen LogP contribution in [-0.4, -0.2) is 0 Å². The highest BCUT2D eigenvalue weighted by Gasteiger charge is 1.98. The smallest absolute Gasteiger partial charge is 0.0991 e. The van der Waals surface area contributed by atoms with Crippen LogP contribution in [-0.2, 0) is 0 Å². The van der Waals surface area contributed by atoms with E-state index in [4.69, 9.17) is 11.0 Å². The van der Waals surface area contributed by atoms with Crippen molar-refractivity contribution in [3.63, 3.8) is 0 Å². The standard InChI is InChI=1S/C13H9N2/c14-9-10-2-1-3-12(8-10)11-4-6-13(15)7-5-11/h1-2,4-8H,15H2. The summed E-state index contributed by atoms with van der Waals surface area (Å²) in [6.07, 6.45) is 0. The van der Waals surface area contributed by atoms with Gasteiger partial charge in [0, 0.05) is 5.69 Å². The molecule has 2 N–H and O–H groups in total. The zero-order valence-corrected chi connectivity index (χ0v) is 8.07. The monoisotopic (exact) mass is 193 g/mol. The summed E-state index contributed by atoms with van der Waals surface area (Å²) < 4.78 is 0. The summed E-state index contributed by atoms with van der Waals surface area (Å²) in [5, 5.41) is 8.77. The van der Waals surface area contributed by atoms with Gasteiger partial charge in [0.2, 0.25) is 0 Å². The molecule has 0 aliphatic rings. The van der Waals surface area contributed by atoms with Gasteiger partial charge >= 0.3 is 0 Å². The Morgan fingerprint density at radius 3 is 2.53 bits per heavy atom. The van der Waals surface area contributed by atoms with Crippen molar-refractivity contribution in [2.75, 3.05) is 5.73 Å². The van der Waals surface area contributed by atoms with Crippen molar-refractivity contribution in [2.45, 2.75) is 0 Å². The Balaban J connectivity index is 2.46. The Morgan fingerprint density at radius 1 is 1.13 bits per heavy atom. The van der Waals surface area contributed by atoms with Crippen LogP contribution in [0.3, 0.4) is 0 Å². The number of nitrogens with two attached hydrogens (primary N) is 1. The summed E-state index contributed by atoms with van der Waals surface area (Å²) in [5.41, 5.74) is 8.90. The lowest BCUT2D eigenvalue weighted by Gasteiger charge is -2.01. The highest BCUT2D eigenvalue weighted by atomic mass is 14.5. The number of anilines is 1. The highest BCUT2D eigenvalue weighted by molar-refractivity contribution is 5.66. The molecule has 0 atom stereocenters. The number of rotatable bonds is 1. The molecule has 2 nitrogen and oxygen atoms in total. The van der Waals surface area contributed by atoms with Crippen molar-refractivity contribution >= 4 is 5.69 Å². The third-order valence-corrected chi connectivity index (χ3v) is 2.15. The number of hydrogen-bond acceptors (Lipinski definition) is 2. The fraction of sp³-hybridized carbons (Fsp3) is 0. The normalized spacial score (nSPS) is 9.53. The second-order valence-electron chi connectivity index (χ2n) is 3.22. The van der Waals surface area contributed by atoms with Crippen LogP contribution in [0.4, 0.5) is 5.69 Å². The predicted molar refractivity (Wildman–Crippen MR) is 59.8 cm³/mol. The van der Waals surface area contributed by atoms with Crippen LogP contribution >= 0.6 is 0 Å². The molecule has 0 saturated heterocycles. The largest absolute Gasteiger partial charge is 0.399 e. The van der Waals surface area contributed by atoms with Gasteiger partial charge in [0.25, 0.3) is 0 Å². The zero-order valence-electron chi connectivity index (χ0n) is 8.07. The van der Waals surface area contributed by atoms with Crippen molar-refractivity contribution < 1.29 is 0 Å². The van der Waals surface area contributed by atoms with Crippen LogP contribution in [0.2, 0.25) is 0 Å². The Bertz CT molecular complexity index is 507. The fourth-order valence-corrected chi connectivity index (χ4v) is 1.37. The molecule has 0 fully saturated rings. The van der Waals surface area contributed by atoms with Crippen LogP contribution < -0.4 is 5.73 Å². The Labute approximate surface area is 88.6 Å². The van der Waals surface area contributed by atoms with E-state index in [2.05, 4.69) is 12.1 Å². The van der Waals surface area contributed by atoms with E-state index >= 15 is 0 Å². The summed E-state index contributed by atoms with van der Waals surface area (Å²) in [4.78, 5) is 0. The lowest BCUT2D eigenvalue weighted by Crippen LogP contribution is -1.84. The molecule has 0 amide bonds. The van der Waals surface area contributed by atoms with Crippen molar-refractivity contribution in [1.82, 2.24) is 0 Å². The van der Waals surface area contributed by atoms with E-state index in [1.807, 2.05) is 30.3 Å². The number of nitrogens with zero attached hydrogens (tertiary/aromatic N) is 1. The lowest BCUT2D eigenvalue weighted by molar-refractivity contribution is 1.48. The third kappa shape index (κ3) is 1.97. The Hall–Kier alpha value is -2.27. The number of nitriles is 1. The molecule has 0 spiro atoms. The molecule has 0 heterocycles. The number of nitrogen functional groups attached to an aromatic ring is 1. The van der Waals surface area contributed by atoms with Gasteiger partial charge in [-0.05, 0) is 41.5 Å². The molecule has 1 radical (unpaired) electrons. The molecule has 0 saturated carbocycles. The molecule has 2 rings (SSSR count). The Morgan fingerprint density at radius 2 is 1.87 bits per heavy atom. The Kier molecular flexibility index (Phi) is 2.38. The molecule has 15 heavy (non-hydrogen) atoms. The van der Waals surface area contributed by atoms with E-state index in [-0.39, 0.29) is 0 Å². The SMILES string of the molecule is N#Cc1cc[c]c(-c2ccc(N)cc2)c1. The first-order valence-corrected chi connectivity index (χ1v) is 4.57. The van der Waals surface area contributed by atoms with Crippen LogP contribution in [0.25, 0.3) is 11.1 Å². The molecule has 2 aromatic rings. The van der Waals surface area contributed by atoms with E-state index in [9.17, 15) is 0 Å². The summed E-state index contributed by atoms with van der Waals surface area (Å²) >= 11 is 0. The van der Waals surface area contributed by atoms with E-state index in [0.29, 0.717) is 5.56 Å². The van der Waals surface area contributed by atoms with Crippen LogP contribution in [0.15, 0.2) is 42.5 Å². The predicted octanol–water partition coefficient (Wildman–Crippen LogP) is 2.61. The van der Waals surface area contributed by atoms with Crippen LogP contribution in [0.1, 0.15) is 5.56 Å².